The lowest BCUT2D eigenvalue weighted by Gasteiger charge is -2.14. The summed E-state index contributed by atoms with van der Waals surface area (Å²) in [5.74, 6) is 1.11. The van der Waals surface area contributed by atoms with Crippen LogP contribution in [-0.2, 0) is 0 Å². The molecule has 0 aliphatic heterocycles. The number of rotatable bonds is 1. The number of nitrogens with zero attached hydrogens (tertiary/aromatic N) is 1. The molecule has 2 atom stereocenters. The molecule has 1 aliphatic rings. The average Bonchev–Trinajstić information content (AvgIpc) is 1.94. The molecule has 0 amide bonds. The maximum absolute atomic E-state index is 4.00. The predicted octanol–water partition coefficient (Wildman–Crippen LogP) is 2.07. The van der Waals surface area contributed by atoms with Gasteiger partial charge in [-0.2, -0.15) is 0 Å². The Labute approximate surface area is 62.2 Å². The molecule has 0 aromatic rings. The molecule has 0 heterocycles. The third-order valence-corrected chi connectivity index (χ3v) is 1.79. The summed E-state index contributed by atoms with van der Waals surface area (Å²) in [4.78, 5) is 4.00. The van der Waals surface area contributed by atoms with E-state index in [0.717, 1.165) is 0 Å². The standard InChI is InChI=1S/C9H13N/c1-8-5-3-4-6-9(8)7-10-2/h3-9H,1-2H3/b10-7-. The molecule has 0 radical (unpaired) electrons. The number of allylic oxidation sites excluding steroid dienone is 4. The van der Waals surface area contributed by atoms with E-state index in [9.17, 15) is 0 Å². The minimum Gasteiger partial charge on any atom is -0.300 e. The van der Waals surface area contributed by atoms with Crippen molar-refractivity contribution in [2.24, 2.45) is 16.8 Å². The highest BCUT2D eigenvalue weighted by Crippen LogP contribution is 2.16. The Morgan fingerprint density at radius 2 is 2.00 bits per heavy atom. The molecule has 1 heteroatoms. The summed E-state index contributed by atoms with van der Waals surface area (Å²) in [5.41, 5.74) is 0. The molecule has 1 nitrogen and oxygen atoms in total. The Morgan fingerprint density at radius 3 is 2.60 bits per heavy atom. The highest BCUT2D eigenvalue weighted by Gasteiger charge is 2.09. The number of aliphatic imine (C=N–C) groups is 1. The molecular formula is C9H13N. The number of hydrogen-bond acceptors (Lipinski definition) is 1. The fourth-order valence-corrected chi connectivity index (χ4v) is 1.09. The van der Waals surface area contributed by atoms with Crippen LogP contribution in [0.4, 0.5) is 0 Å². The molecule has 0 saturated heterocycles. The van der Waals surface area contributed by atoms with Crippen LogP contribution in [0.5, 0.6) is 0 Å². The van der Waals surface area contributed by atoms with Crippen LogP contribution in [0.15, 0.2) is 29.3 Å². The van der Waals surface area contributed by atoms with E-state index in [0.29, 0.717) is 11.8 Å². The SMILES string of the molecule is C/N=C\C1C=CC=CC1C. The quantitative estimate of drug-likeness (QED) is 0.488. The molecule has 2 unspecified atom stereocenters. The van der Waals surface area contributed by atoms with Crippen molar-refractivity contribution in [1.29, 1.82) is 0 Å². The van der Waals surface area contributed by atoms with Gasteiger partial charge in [-0.25, -0.2) is 0 Å². The maximum atomic E-state index is 4.00. The minimum atomic E-state index is 0.509. The van der Waals surface area contributed by atoms with Crippen molar-refractivity contribution in [3.63, 3.8) is 0 Å². The van der Waals surface area contributed by atoms with Crippen molar-refractivity contribution in [1.82, 2.24) is 0 Å². The zero-order valence-electron chi connectivity index (χ0n) is 6.49. The number of hydrogen-bond donors (Lipinski definition) is 0. The summed E-state index contributed by atoms with van der Waals surface area (Å²) in [6.45, 7) is 2.20. The lowest BCUT2D eigenvalue weighted by Crippen LogP contribution is -2.09. The molecule has 0 aromatic carbocycles. The summed E-state index contributed by atoms with van der Waals surface area (Å²) in [7, 11) is 1.82. The van der Waals surface area contributed by atoms with Gasteiger partial charge in [-0.3, -0.25) is 0 Å². The summed E-state index contributed by atoms with van der Waals surface area (Å²) in [6, 6.07) is 0. The molecule has 0 fully saturated rings. The van der Waals surface area contributed by atoms with Crippen LogP contribution in [0.1, 0.15) is 6.92 Å². The van der Waals surface area contributed by atoms with Gasteiger partial charge in [0.1, 0.15) is 0 Å². The van der Waals surface area contributed by atoms with Gasteiger partial charge in [0.05, 0.1) is 0 Å². The van der Waals surface area contributed by atoms with Crippen LogP contribution in [0.2, 0.25) is 0 Å². The predicted molar refractivity (Wildman–Crippen MR) is 45.4 cm³/mol. The van der Waals surface area contributed by atoms with Crippen molar-refractivity contribution in [2.45, 2.75) is 6.92 Å². The maximum Gasteiger partial charge on any atom is 0.0273 e. The van der Waals surface area contributed by atoms with Crippen LogP contribution in [0.25, 0.3) is 0 Å². The van der Waals surface area contributed by atoms with Gasteiger partial charge in [0.15, 0.2) is 0 Å². The minimum absolute atomic E-state index is 0.509. The monoisotopic (exact) mass is 135 g/mol. The zero-order chi connectivity index (χ0) is 7.40. The van der Waals surface area contributed by atoms with Crippen molar-refractivity contribution in [3.05, 3.63) is 24.3 Å². The van der Waals surface area contributed by atoms with E-state index in [4.69, 9.17) is 0 Å². The normalized spacial score (nSPS) is 31.8. The second kappa shape index (κ2) is 3.35. The van der Waals surface area contributed by atoms with E-state index >= 15 is 0 Å². The van der Waals surface area contributed by atoms with E-state index < -0.39 is 0 Å². The van der Waals surface area contributed by atoms with Gasteiger partial charge in [-0.1, -0.05) is 31.2 Å². The molecule has 0 aromatic heterocycles. The Bertz CT molecular complexity index is 177. The third kappa shape index (κ3) is 1.56. The van der Waals surface area contributed by atoms with Crippen LogP contribution in [0.3, 0.4) is 0 Å². The summed E-state index contributed by atoms with van der Waals surface area (Å²) >= 11 is 0. The van der Waals surface area contributed by atoms with Crippen LogP contribution in [0, 0.1) is 11.8 Å². The first-order valence-corrected chi connectivity index (χ1v) is 3.62. The van der Waals surface area contributed by atoms with Crippen molar-refractivity contribution < 1.29 is 0 Å². The molecule has 54 valence electrons. The first-order chi connectivity index (χ1) is 4.84. The first kappa shape index (κ1) is 7.26. The van der Waals surface area contributed by atoms with Crippen LogP contribution >= 0.6 is 0 Å². The lowest BCUT2D eigenvalue weighted by molar-refractivity contribution is 0.645. The fourth-order valence-electron chi connectivity index (χ4n) is 1.09. The fraction of sp³-hybridized carbons (Fsp3) is 0.444. The van der Waals surface area contributed by atoms with Gasteiger partial charge in [-0.15, -0.1) is 0 Å². The second-order valence-corrected chi connectivity index (χ2v) is 2.61. The third-order valence-electron chi connectivity index (χ3n) is 1.79. The lowest BCUT2D eigenvalue weighted by atomic mass is 9.91. The summed E-state index contributed by atoms with van der Waals surface area (Å²) in [6.07, 6.45) is 10.5. The van der Waals surface area contributed by atoms with Gasteiger partial charge < -0.3 is 4.99 Å². The van der Waals surface area contributed by atoms with Crippen molar-refractivity contribution >= 4 is 6.21 Å². The highest BCUT2D eigenvalue weighted by molar-refractivity contribution is 5.64. The van der Waals surface area contributed by atoms with Crippen LogP contribution < -0.4 is 0 Å². The Balaban J connectivity index is 2.61. The molecule has 0 bridgehead atoms. The zero-order valence-corrected chi connectivity index (χ0v) is 6.49. The smallest absolute Gasteiger partial charge is 0.0273 e. The Morgan fingerprint density at radius 1 is 1.30 bits per heavy atom. The summed E-state index contributed by atoms with van der Waals surface area (Å²) < 4.78 is 0. The summed E-state index contributed by atoms with van der Waals surface area (Å²) in [5, 5.41) is 0. The van der Waals surface area contributed by atoms with E-state index in [1.165, 1.54) is 0 Å². The topological polar surface area (TPSA) is 12.4 Å². The Kier molecular flexibility index (Phi) is 2.43. The molecule has 1 rings (SSSR count). The molecule has 1 aliphatic carbocycles. The van der Waals surface area contributed by atoms with Gasteiger partial charge in [0, 0.05) is 19.2 Å². The largest absolute Gasteiger partial charge is 0.300 e. The van der Waals surface area contributed by atoms with Crippen LogP contribution in [-0.4, -0.2) is 13.3 Å². The van der Waals surface area contributed by atoms with E-state index in [1.807, 2.05) is 13.3 Å². The van der Waals surface area contributed by atoms with E-state index in [-0.39, 0.29) is 0 Å². The van der Waals surface area contributed by atoms with Gasteiger partial charge in [0.25, 0.3) is 0 Å². The molecular weight excluding hydrogens is 122 g/mol. The van der Waals surface area contributed by atoms with Gasteiger partial charge in [0.2, 0.25) is 0 Å². The average molecular weight is 135 g/mol. The molecule has 0 N–H and O–H groups in total. The molecule has 10 heavy (non-hydrogen) atoms. The van der Waals surface area contributed by atoms with Crippen molar-refractivity contribution in [3.8, 4) is 0 Å². The highest BCUT2D eigenvalue weighted by atomic mass is 14.6. The molecule has 0 spiro atoms. The van der Waals surface area contributed by atoms with Crippen molar-refractivity contribution in [2.75, 3.05) is 7.05 Å². The van der Waals surface area contributed by atoms with E-state index in [2.05, 4.69) is 36.2 Å². The van der Waals surface area contributed by atoms with Gasteiger partial charge >= 0.3 is 0 Å². The first-order valence-electron chi connectivity index (χ1n) is 3.62. The second-order valence-electron chi connectivity index (χ2n) is 2.61. The van der Waals surface area contributed by atoms with E-state index in [1.54, 1.807) is 0 Å². The van der Waals surface area contributed by atoms with Gasteiger partial charge in [-0.05, 0) is 5.92 Å². The Hall–Kier alpha value is -0.850. The molecule has 0 saturated carbocycles.